The Balaban J connectivity index is 4.39. The van der Waals surface area contributed by atoms with Crippen molar-refractivity contribution >= 4 is 17.9 Å². The molecule has 0 bridgehead atoms. The van der Waals surface area contributed by atoms with Crippen LogP contribution in [0.4, 0.5) is 0 Å². The molecule has 0 aromatic carbocycles. The van der Waals surface area contributed by atoms with Crippen LogP contribution >= 0.6 is 0 Å². The van der Waals surface area contributed by atoms with E-state index in [4.69, 9.17) is 14.2 Å². The maximum absolute atomic E-state index is 12.9. The van der Waals surface area contributed by atoms with Crippen LogP contribution in [0.1, 0.15) is 290 Å². The van der Waals surface area contributed by atoms with Crippen molar-refractivity contribution in [2.45, 2.75) is 297 Å². The molecular weight excluding hydrogens is 829 g/mol. The van der Waals surface area contributed by atoms with Crippen molar-refractivity contribution in [2.75, 3.05) is 13.2 Å². The van der Waals surface area contributed by atoms with Crippen molar-refractivity contribution in [3.8, 4) is 0 Å². The average molecular weight is 938 g/mol. The molecular formula is C61H108O6. The number of allylic oxidation sites excluding steroid dienone is 10. The van der Waals surface area contributed by atoms with Crippen molar-refractivity contribution in [1.82, 2.24) is 0 Å². The monoisotopic (exact) mass is 937 g/mol. The molecule has 0 heterocycles. The molecule has 0 spiro atoms. The lowest BCUT2D eigenvalue weighted by atomic mass is 10.0. The summed E-state index contributed by atoms with van der Waals surface area (Å²) < 4.78 is 16.9. The topological polar surface area (TPSA) is 78.9 Å². The molecule has 0 aromatic heterocycles. The highest BCUT2D eigenvalue weighted by Gasteiger charge is 2.19. The maximum Gasteiger partial charge on any atom is 0.306 e. The van der Waals surface area contributed by atoms with Crippen LogP contribution in [0.3, 0.4) is 0 Å². The van der Waals surface area contributed by atoms with Crippen LogP contribution in [0.15, 0.2) is 60.8 Å². The van der Waals surface area contributed by atoms with E-state index in [2.05, 4.69) is 57.2 Å². The van der Waals surface area contributed by atoms with Gasteiger partial charge in [0.2, 0.25) is 0 Å². The molecule has 0 N–H and O–H groups in total. The first kappa shape index (κ1) is 64.1. The number of hydrogen-bond donors (Lipinski definition) is 0. The molecule has 0 aromatic rings. The van der Waals surface area contributed by atoms with Gasteiger partial charge in [-0.15, -0.1) is 0 Å². The third-order valence-corrected chi connectivity index (χ3v) is 12.6. The lowest BCUT2D eigenvalue weighted by Gasteiger charge is -2.18. The minimum atomic E-state index is -0.781. The van der Waals surface area contributed by atoms with Gasteiger partial charge in [0.05, 0.1) is 0 Å². The molecule has 1 atom stereocenters. The average Bonchev–Trinajstić information content (AvgIpc) is 3.33. The first-order chi connectivity index (χ1) is 33.0. The highest BCUT2D eigenvalue weighted by Crippen LogP contribution is 2.17. The molecule has 6 nitrogen and oxygen atoms in total. The number of carbonyl (C=O) groups is 3. The van der Waals surface area contributed by atoms with Crippen molar-refractivity contribution < 1.29 is 28.6 Å². The van der Waals surface area contributed by atoms with Gasteiger partial charge in [0.15, 0.2) is 6.10 Å². The maximum atomic E-state index is 12.9. The van der Waals surface area contributed by atoms with Crippen molar-refractivity contribution in [3.63, 3.8) is 0 Å². The van der Waals surface area contributed by atoms with E-state index >= 15 is 0 Å². The number of ether oxygens (including phenoxy) is 3. The van der Waals surface area contributed by atoms with Crippen LogP contribution < -0.4 is 0 Å². The quantitative estimate of drug-likeness (QED) is 0.0262. The van der Waals surface area contributed by atoms with E-state index < -0.39 is 6.10 Å². The summed E-state index contributed by atoms with van der Waals surface area (Å²) in [6, 6.07) is 0. The molecule has 0 saturated carbocycles. The standard InChI is InChI=1S/C61H108O6/c1-4-7-10-13-16-19-22-25-27-29-31-33-36-39-42-45-48-51-54-60(63)66-57-58(56-65-59(62)53-50-47-44-41-38-35-24-21-18-15-12-9-6-3)67-61(64)55-52-49-46-43-40-37-34-32-30-28-26-23-20-17-14-11-8-5-2/h10,13,16,19,22,25,27,29,31,33,58H,4-9,11-12,14-15,17-18,20-21,23-24,26,28,30,32,34-57H2,1-3H3/b13-10-,19-16-,25-22-,29-27-,33-31-. The summed E-state index contributed by atoms with van der Waals surface area (Å²) in [5.41, 5.74) is 0. The molecule has 388 valence electrons. The van der Waals surface area contributed by atoms with Crippen LogP contribution in [-0.4, -0.2) is 37.2 Å². The third kappa shape index (κ3) is 53.9. The fraction of sp³-hybridized carbons (Fsp3) is 0.787. The van der Waals surface area contributed by atoms with Gasteiger partial charge in [0.1, 0.15) is 13.2 Å². The Labute approximate surface area is 415 Å². The zero-order valence-corrected chi connectivity index (χ0v) is 44.4. The minimum absolute atomic E-state index is 0.0787. The minimum Gasteiger partial charge on any atom is -0.462 e. The van der Waals surface area contributed by atoms with Gasteiger partial charge in [-0.1, -0.05) is 293 Å². The van der Waals surface area contributed by atoms with Crippen molar-refractivity contribution in [1.29, 1.82) is 0 Å². The second-order valence-electron chi connectivity index (χ2n) is 19.3. The van der Waals surface area contributed by atoms with Crippen LogP contribution in [-0.2, 0) is 28.6 Å². The molecule has 0 fully saturated rings. The molecule has 0 aliphatic heterocycles. The first-order valence-corrected chi connectivity index (χ1v) is 28.9. The Bertz CT molecular complexity index is 1210. The summed E-state index contributed by atoms with van der Waals surface area (Å²) in [5.74, 6) is -0.890. The first-order valence-electron chi connectivity index (χ1n) is 28.9. The molecule has 6 heteroatoms. The van der Waals surface area contributed by atoms with E-state index in [9.17, 15) is 14.4 Å². The van der Waals surface area contributed by atoms with Crippen molar-refractivity contribution in [2.24, 2.45) is 0 Å². The molecule has 0 saturated heterocycles. The predicted octanol–water partition coefficient (Wildman–Crippen LogP) is 19.2. The molecule has 0 aliphatic carbocycles. The summed E-state index contributed by atoms with van der Waals surface area (Å²) in [6.45, 7) is 6.56. The number of esters is 3. The number of hydrogen-bond acceptors (Lipinski definition) is 6. The summed E-state index contributed by atoms with van der Waals surface area (Å²) in [6.07, 6.45) is 69.2. The molecule has 0 rings (SSSR count). The highest BCUT2D eigenvalue weighted by molar-refractivity contribution is 5.71. The lowest BCUT2D eigenvalue weighted by Crippen LogP contribution is -2.30. The van der Waals surface area contributed by atoms with E-state index in [1.807, 2.05) is 24.3 Å². The summed E-state index contributed by atoms with van der Waals surface area (Å²) in [5, 5.41) is 0. The Morgan fingerprint density at radius 1 is 0.299 bits per heavy atom. The second-order valence-corrected chi connectivity index (χ2v) is 19.3. The summed E-state index contributed by atoms with van der Waals surface area (Å²) in [7, 11) is 0. The Kier molecular flexibility index (Phi) is 53.3. The Morgan fingerprint density at radius 3 is 0.896 bits per heavy atom. The van der Waals surface area contributed by atoms with Crippen LogP contribution in [0.25, 0.3) is 0 Å². The van der Waals surface area contributed by atoms with E-state index in [0.717, 1.165) is 83.5 Å². The van der Waals surface area contributed by atoms with E-state index in [0.29, 0.717) is 19.3 Å². The smallest absolute Gasteiger partial charge is 0.306 e. The molecule has 0 aliphatic rings. The number of unbranched alkanes of at least 4 members (excludes halogenated alkanes) is 35. The third-order valence-electron chi connectivity index (χ3n) is 12.6. The van der Waals surface area contributed by atoms with Gasteiger partial charge >= 0.3 is 17.9 Å². The highest BCUT2D eigenvalue weighted by atomic mass is 16.6. The molecule has 0 amide bonds. The zero-order chi connectivity index (χ0) is 48.6. The van der Waals surface area contributed by atoms with E-state index in [-0.39, 0.29) is 31.1 Å². The number of carbonyl (C=O) groups excluding carboxylic acids is 3. The lowest BCUT2D eigenvalue weighted by molar-refractivity contribution is -0.167. The van der Waals surface area contributed by atoms with Gasteiger partial charge in [0, 0.05) is 19.3 Å². The molecule has 0 radical (unpaired) electrons. The largest absolute Gasteiger partial charge is 0.462 e. The zero-order valence-electron chi connectivity index (χ0n) is 44.4. The van der Waals surface area contributed by atoms with E-state index in [1.54, 1.807) is 0 Å². The van der Waals surface area contributed by atoms with Gasteiger partial charge in [-0.2, -0.15) is 0 Å². The number of rotatable bonds is 52. The molecule has 1 unspecified atom stereocenters. The van der Waals surface area contributed by atoms with E-state index in [1.165, 1.54) is 167 Å². The van der Waals surface area contributed by atoms with Gasteiger partial charge in [-0.05, 0) is 38.5 Å². The predicted molar refractivity (Wildman–Crippen MR) is 288 cm³/mol. The fourth-order valence-electron chi connectivity index (χ4n) is 8.30. The normalized spacial score (nSPS) is 12.5. The van der Waals surface area contributed by atoms with Gasteiger partial charge in [0.25, 0.3) is 0 Å². The SMILES string of the molecule is CCC\C=C/C=C\C=C/C=C\C=C/CCCCCCCC(=O)OCC(COC(=O)CCCCCCCCCCCCCCC)OC(=O)CCCCCCCCCCCCCCCCCCCC. The van der Waals surface area contributed by atoms with Gasteiger partial charge < -0.3 is 14.2 Å². The second kappa shape index (κ2) is 55.7. The van der Waals surface area contributed by atoms with Crippen LogP contribution in [0.2, 0.25) is 0 Å². The summed E-state index contributed by atoms with van der Waals surface area (Å²) >= 11 is 0. The van der Waals surface area contributed by atoms with Crippen molar-refractivity contribution in [3.05, 3.63) is 60.8 Å². The molecule has 67 heavy (non-hydrogen) atoms. The Morgan fingerprint density at radius 2 is 0.567 bits per heavy atom. The van der Waals surface area contributed by atoms with Gasteiger partial charge in [-0.3, -0.25) is 14.4 Å². The van der Waals surface area contributed by atoms with Crippen LogP contribution in [0, 0.1) is 0 Å². The van der Waals surface area contributed by atoms with Crippen LogP contribution in [0.5, 0.6) is 0 Å². The van der Waals surface area contributed by atoms with Gasteiger partial charge in [-0.25, -0.2) is 0 Å². The Hall–Kier alpha value is -2.89. The summed E-state index contributed by atoms with van der Waals surface area (Å²) in [4.78, 5) is 38.1. The fourth-order valence-corrected chi connectivity index (χ4v) is 8.30.